The Labute approximate surface area is 175 Å². The zero-order chi connectivity index (χ0) is 21.1. The van der Waals surface area contributed by atoms with E-state index in [1.807, 2.05) is 0 Å². The second-order valence-electron chi connectivity index (χ2n) is 7.12. The van der Waals surface area contributed by atoms with Crippen LogP contribution < -0.4 is 10.1 Å². The summed E-state index contributed by atoms with van der Waals surface area (Å²) in [6.45, 7) is 3.54. The molecule has 160 valence electrons. The molecule has 0 bridgehead atoms. The molecule has 10 heteroatoms. The maximum Gasteiger partial charge on any atom is 0.432 e. The number of carbonyl (C=O) groups excluding carboxylic acids is 1. The smallest absolute Gasteiger partial charge is 0.432 e. The molecule has 1 saturated heterocycles. The monoisotopic (exact) mass is 438 g/mol. The Morgan fingerprint density at radius 2 is 2.03 bits per heavy atom. The fraction of sp³-hybridized carbons (Fsp3) is 0.400. The highest BCUT2D eigenvalue weighted by molar-refractivity contribution is 7.16. The molecule has 1 fully saturated rings. The first-order valence-corrected chi connectivity index (χ1v) is 10.6. The summed E-state index contributed by atoms with van der Waals surface area (Å²) in [5.74, 6) is 0.209. The molecule has 0 radical (unpaired) electrons. The van der Waals surface area contributed by atoms with Gasteiger partial charge in [-0.15, -0.1) is 11.3 Å². The minimum absolute atomic E-state index is 0.0944. The topological polar surface area (TPSA) is 58.9 Å². The van der Waals surface area contributed by atoms with Crippen molar-refractivity contribution in [2.75, 3.05) is 31.6 Å². The van der Waals surface area contributed by atoms with Gasteiger partial charge in [0.25, 0.3) is 5.91 Å². The van der Waals surface area contributed by atoms with Gasteiger partial charge in [-0.25, -0.2) is 4.98 Å². The summed E-state index contributed by atoms with van der Waals surface area (Å²) in [7, 11) is 0. The quantitative estimate of drug-likeness (QED) is 0.614. The van der Waals surface area contributed by atoms with E-state index in [0.717, 1.165) is 47.1 Å². The third-order valence-corrected chi connectivity index (χ3v) is 5.96. The number of hydrogen-bond donors (Lipinski definition) is 1. The van der Waals surface area contributed by atoms with E-state index < -0.39 is 17.8 Å². The van der Waals surface area contributed by atoms with E-state index in [1.54, 1.807) is 24.3 Å². The second kappa shape index (κ2) is 8.65. The van der Waals surface area contributed by atoms with Gasteiger partial charge in [0, 0.05) is 17.5 Å². The number of benzene rings is 1. The van der Waals surface area contributed by atoms with Gasteiger partial charge in [0.1, 0.15) is 29.2 Å². The number of rotatable bonds is 6. The van der Waals surface area contributed by atoms with Crippen molar-refractivity contribution in [1.29, 1.82) is 0 Å². The summed E-state index contributed by atoms with van der Waals surface area (Å²) < 4.78 is 45.7. The number of imidazole rings is 1. The Kier molecular flexibility index (Phi) is 5.96. The minimum Gasteiger partial charge on any atom is -0.492 e. The minimum atomic E-state index is -4.49. The van der Waals surface area contributed by atoms with Crippen LogP contribution in [-0.4, -0.2) is 46.4 Å². The fourth-order valence-electron chi connectivity index (χ4n) is 3.46. The Morgan fingerprint density at radius 3 is 2.80 bits per heavy atom. The molecule has 0 aliphatic carbocycles. The number of amides is 1. The van der Waals surface area contributed by atoms with Crippen LogP contribution in [0.15, 0.2) is 36.0 Å². The lowest BCUT2D eigenvalue weighted by Crippen LogP contribution is -2.33. The lowest BCUT2D eigenvalue weighted by atomic mass is 10.1. The summed E-state index contributed by atoms with van der Waals surface area (Å²) in [4.78, 5) is 19.1. The first-order valence-electron chi connectivity index (χ1n) is 9.70. The number of likely N-dealkylation sites (tertiary alicyclic amines) is 1. The van der Waals surface area contributed by atoms with Crippen molar-refractivity contribution in [1.82, 2.24) is 14.3 Å². The van der Waals surface area contributed by atoms with Crippen LogP contribution in [0.4, 0.5) is 19.0 Å². The first-order chi connectivity index (χ1) is 14.4. The molecule has 3 aromatic rings. The number of piperidine rings is 1. The highest BCUT2D eigenvalue weighted by atomic mass is 32.1. The number of alkyl halides is 3. The van der Waals surface area contributed by atoms with Gasteiger partial charge in [-0.1, -0.05) is 12.5 Å². The molecule has 30 heavy (non-hydrogen) atoms. The number of hydrogen-bond acceptors (Lipinski definition) is 5. The molecule has 1 amide bonds. The van der Waals surface area contributed by atoms with E-state index in [1.165, 1.54) is 19.3 Å². The van der Waals surface area contributed by atoms with Gasteiger partial charge < -0.3 is 10.1 Å². The fourth-order valence-corrected chi connectivity index (χ4v) is 4.41. The van der Waals surface area contributed by atoms with E-state index in [2.05, 4.69) is 15.2 Å². The predicted octanol–water partition coefficient (Wildman–Crippen LogP) is 4.53. The molecule has 0 unspecified atom stereocenters. The van der Waals surface area contributed by atoms with E-state index in [-0.39, 0.29) is 10.6 Å². The van der Waals surface area contributed by atoms with Crippen LogP contribution >= 0.6 is 11.3 Å². The predicted molar refractivity (Wildman–Crippen MR) is 108 cm³/mol. The summed E-state index contributed by atoms with van der Waals surface area (Å²) >= 11 is 0.875. The largest absolute Gasteiger partial charge is 0.492 e. The normalized spacial score (nSPS) is 15.4. The van der Waals surface area contributed by atoms with Gasteiger partial charge in [0.2, 0.25) is 0 Å². The highest BCUT2D eigenvalue weighted by Crippen LogP contribution is 2.35. The van der Waals surface area contributed by atoms with Crippen molar-refractivity contribution in [3.05, 3.63) is 47.2 Å². The van der Waals surface area contributed by atoms with E-state index in [4.69, 9.17) is 4.74 Å². The molecule has 0 atom stereocenters. The molecule has 1 aliphatic rings. The van der Waals surface area contributed by atoms with Crippen LogP contribution in [0.25, 0.3) is 4.83 Å². The molecule has 4 rings (SSSR count). The van der Waals surface area contributed by atoms with Gasteiger partial charge in [0.15, 0.2) is 5.82 Å². The molecule has 0 spiro atoms. The van der Waals surface area contributed by atoms with Crippen molar-refractivity contribution in [3.8, 4) is 5.75 Å². The van der Waals surface area contributed by atoms with Crippen molar-refractivity contribution in [2.24, 2.45) is 0 Å². The average Bonchev–Trinajstić information content (AvgIpc) is 3.32. The molecular weight excluding hydrogens is 417 g/mol. The Morgan fingerprint density at radius 1 is 1.23 bits per heavy atom. The van der Waals surface area contributed by atoms with Gasteiger partial charge in [-0.3, -0.25) is 14.1 Å². The maximum absolute atomic E-state index is 13.0. The van der Waals surface area contributed by atoms with Gasteiger partial charge in [0.05, 0.1) is 0 Å². The molecule has 3 heterocycles. The van der Waals surface area contributed by atoms with Crippen LogP contribution in [0.5, 0.6) is 5.75 Å². The number of nitrogens with zero attached hydrogens (tertiary/aromatic N) is 3. The summed E-state index contributed by atoms with van der Waals surface area (Å²) in [5, 5.41) is 3.59. The maximum atomic E-state index is 13.0. The summed E-state index contributed by atoms with van der Waals surface area (Å²) in [6.07, 6.45) is 0.280. The summed E-state index contributed by atoms with van der Waals surface area (Å²) in [6, 6.07) is 6.72. The standard InChI is InChI=1S/C20H21F3N4O2S/c21-20(22,23)16-12-30-19-17(24-13-27(16)19)25-18(28)14-5-4-6-15(11-14)29-10-9-26-7-2-1-3-8-26/h4-6,11-13H,1-3,7-10H2,(H,25,28). The van der Waals surface area contributed by atoms with Gasteiger partial charge >= 0.3 is 6.18 Å². The van der Waals surface area contributed by atoms with E-state index in [0.29, 0.717) is 17.9 Å². The molecule has 0 saturated carbocycles. The molecule has 6 nitrogen and oxygen atoms in total. The van der Waals surface area contributed by atoms with Crippen LogP contribution in [0.1, 0.15) is 35.3 Å². The third kappa shape index (κ3) is 4.59. The number of ether oxygens (including phenoxy) is 1. The zero-order valence-electron chi connectivity index (χ0n) is 16.1. The lowest BCUT2D eigenvalue weighted by molar-refractivity contribution is -0.141. The number of anilines is 1. The number of halogens is 3. The lowest BCUT2D eigenvalue weighted by Gasteiger charge is -2.26. The Balaban J connectivity index is 1.39. The average molecular weight is 438 g/mol. The van der Waals surface area contributed by atoms with Crippen LogP contribution in [0.2, 0.25) is 0 Å². The van der Waals surface area contributed by atoms with Crippen molar-refractivity contribution < 1.29 is 22.7 Å². The van der Waals surface area contributed by atoms with Crippen molar-refractivity contribution in [3.63, 3.8) is 0 Å². The van der Waals surface area contributed by atoms with Gasteiger partial charge in [-0.05, 0) is 44.1 Å². The van der Waals surface area contributed by atoms with Crippen LogP contribution in [-0.2, 0) is 6.18 Å². The highest BCUT2D eigenvalue weighted by Gasteiger charge is 2.35. The number of fused-ring (bicyclic) bond motifs is 1. The Hall–Kier alpha value is -2.59. The number of carbonyl (C=O) groups is 1. The number of nitrogens with one attached hydrogen (secondary N) is 1. The summed E-state index contributed by atoms with van der Waals surface area (Å²) in [5.41, 5.74) is -0.473. The van der Waals surface area contributed by atoms with Crippen LogP contribution in [0, 0.1) is 0 Å². The molecule has 1 aliphatic heterocycles. The van der Waals surface area contributed by atoms with E-state index >= 15 is 0 Å². The second-order valence-corrected chi connectivity index (χ2v) is 7.98. The Bertz CT molecular complexity index is 1020. The zero-order valence-corrected chi connectivity index (χ0v) is 16.9. The van der Waals surface area contributed by atoms with E-state index in [9.17, 15) is 18.0 Å². The SMILES string of the molecule is O=C(Nc1ncn2c(C(F)(F)F)csc12)c1cccc(OCCN2CCCCC2)c1. The number of thiazole rings is 1. The van der Waals surface area contributed by atoms with Crippen molar-refractivity contribution >= 4 is 27.9 Å². The first kappa shape index (κ1) is 20.7. The number of aromatic nitrogens is 2. The molecule has 1 aromatic carbocycles. The van der Waals surface area contributed by atoms with Crippen molar-refractivity contribution in [2.45, 2.75) is 25.4 Å². The van der Waals surface area contributed by atoms with Gasteiger partial charge in [-0.2, -0.15) is 13.2 Å². The van der Waals surface area contributed by atoms with Crippen LogP contribution in [0.3, 0.4) is 0 Å². The third-order valence-electron chi connectivity index (χ3n) is 5.01. The molecule has 2 aromatic heterocycles. The molecule has 1 N–H and O–H groups in total. The molecular formula is C20H21F3N4O2S.